The summed E-state index contributed by atoms with van der Waals surface area (Å²) < 4.78 is 26.7. The fourth-order valence-corrected chi connectivity index (χ4v) is 3.70. The van der Waals surface area contributed by atoms with E-state index in [9.17, 15) is 13.2 Å². The van der Waals surface area contributed by atoms with Crippen molar-refractivity contribution in [2.75, 3.05) is 0 Å². The van der Waals surface area contributed by atoms with Gasteiger partial charge < -0.3 is 0 Å². The van der Waals surface area contributed by atoms with Crippen molar-refractivity contribution in [2.45, 2.75) is 38.0 Å². The molecule has 23 heavy (non-hydrogen) atoms. The number of hydrogen-bond donors (Lipinski definition) is 1. The third kappa shape index (κ3) is 4.93. The van der Waals surface area contributed by atoms with E-state index in [1.165, 1.54) is 6.07 Å². The lowest BCUT2D eigenvalue weighted by Crippen LogP contribution is -2.30. The third-order valence-corrected chi connectivity index (χ3v) is 5.11. The highest BCUT2D eigenvalue weighted by Crippen LogP contribution is 2.16. The fourth-order valence-electron chi connectivity index (χ4n) is 2.45. The maximum atomic E-state index is 12.3. The number of hydrogen-bond acceptors (Lipinski definition) is 3. The molecule has 2 aromatic rings. The standard InChI is InChI=1S/C18H21NO3S/c1-14-11-12-17(15(2)13-14)23(21,22)19-18(20)10-6-9-16-7-4-3-5-8-16/h3-5,7-8,11-13H,6,9-10H2,1-2H3,(H,19,20). The van der Waals surface area contributed by atoms with Gasteiger partial charge in [0.2, 0.25) is 5.91 Å². The second-order valence-corrected chi connectivity index (χ2v) is 7.29. The second-order valence-electron chi connectivity index (χ2n) is 5.64. The number of carbonyl (C=O) groups is 1. The lowest BCUT2D eigenvalue weighted by Gasteiger charge is -2.10. The summed E-state index contributed by atoms with van der Waals surface area (Å²) in [6.45, 7) is 3.62. The van der Waals surface area contributed by atoms with Gasteiger partial charge in [0.25, 0.3) is 10.0 Å². The minimum absolute atomic E-state index is 0.152. The molecule has 122 valence electrons. The van der Waals surface area contributed by atoms with Crippen LogP contribution in [0.3, 0.4) is 0 Å². The molecule has 0 heterocycles. The Hall–Kier alpha value is -2.14. The molecule has 0 atom stereocenters. The van der Waals surface area contributed by atoms with Crippen LogP contribution in [0.1, 0.15) is 29.5 Å². The monoisotopic (exact) mass is 331 g/mol. The highest BCUT2D eigenvalue weighted by atomic mass is 32.2. The number of rotatable bonds is 6. The molecule has 0 aliphatic heterocycles. The predicted molar refractivity (Wildman–Crippen MR) is 90.6 cm³/mol. The van der Waals surface area contributed by atoms with E-state index in [1.54, 1.807) is 19.1 Å². The van der Waals surface area contributed by atoms with Crippen molar-refractivity contribution in [3.63, 3.8) is 0 Å². The van der Waals surface area contributed by atoms with Crippen LogP contribution in [-0.2, 0) is 21.2 Å². The maximum absolute atomic E-state index is 12.3. The van der Waals surface area contributed by atoms with Crippen LogP contribution >= 0.6 is 0 Å². The highest BCUT2D eigenvalue weighted by molar-refractivity contribution is 7.90. The molecule has 0 spiro atoms. The summed E-state index contributed by atoms with van der Waals surface area (Å²) in [4.78, 5) is 12.1. The normalized spacial score (nSPS) is 11.2. The summed E-state index contributed by atoms with van der Waals surface area (Å²) in [7, 11) is -3.80. The van der Waals surface area contributed by atoms with Crippen LogP contribution in [0.5, 0.6) is 0 Å². The van der Waals surface area contributed by atoms with E-state index in [0.29, 0.717) is 12.0 Å². The van der Waals surface area contributed by atoms with E-state index in [-0.39, 0.29) is 11.3 Å². The molecule has 0 bridgehead atoms. The zero-order valence-electron chi connectivity index (χ0n) is 13.4. The molecule has 1 amide bonds. The van der Waals surface area contributed by atoms with E-state index < -0.39 is 15.9 Å². The number of amides is 1. The average Bonchev–Trinajstić information content (AvgIpc) is 2.47. The predicted octanol–water partition coefficient (Wildman–Crippen LogP) is 3.13. The number of carbonyl (C=O) groups excluding carboxylic acids is 1. The number of aryl methyl sites for hydroxylation is 3. The lowest BCUT2D eigenvalue weighted by molar-refractivity contribution is -0.119. The van der Waals surface area contributed by atoms with E-state index in [1.807, 2.05) is 37.3 Å². The Kier molecular flexibility index (Phi) is 5.55. The summed E-state index contributed by atoms with van der Waals surface area (Å²) in [6.07, 6.45) is 1.54. The first-order valence-electron chi connectivity index (χ1n) is 7.55. The smallest absolute Gasteiger partial charge is 0.264 e. The number of nitrogens with one attached hydrogen (secondary N) is 1. The minimum Gasteiger partial charge on any atom is -0.274 e. The van der Waals surface area contributed by atoms with Gasteiger partial charge in [-0.05, 0) is 43.9 Å². The molecule has 1 N–H and O–H groups in total. The first-order valence-corrected chi connectivity index (χ1v) is 9.03. The van der Waals surface area contributed by atoms with Gasteiger partial charge in [0.05, 0.1) is 4.90 Å². The number of benzene rings is 2. The summed E-state index contributed by atoms with van der Waals surface area (Å²) >= 11 is 0. The van der Waals surface area contributed by atoms with Gasteiger partial charge >= 0.3 is 0 Å². The van der Waals surface area contributed by atoms with Gasteiger partial charge in [-0.25, -0.2) is 13.1 Å². The van der Waals surface area contributed by atoms with Crippen LogP contribution in [0.25, 0.3) is 0 Å². The van der Waals surface area contributed by atoms with Crippen LogP contribution in [0.2, 0.25) is 0 Å². The van der Waals surface area contributed by atoms with Crippen molar-refractivity contribution < 1.29 is 13.2 Å². The van der Waals surface area contributed by atoms with E-state index in [0.717, 1.165) is 17.5 Å². The average molecular weight is 331 g/mol. The summed E-state index contributed by atoms with van der Waals surface area (Å²) in [5.41, 5.74) is 2.75. The Balaban J connectivity index is 1.93. The molecule has 0 saturated carbocycles. The Bertz CT molecular complexity index is 783. The van der Waals surface area contributed by atoms with Crippen LogP contribution in [0.4, 0.5) is 0 Å². The topological polar surface area (TPSA) is 63.2 Å². The molecule has 0 saturated heterocycles. The van der Waals surface area contributed by atoms with Crippen LogP contribution in [0.15, 0.2) is 53.4 Å². The molecule has 5 heteroatoms. The van der Waals surface area contributed by atoms with E-state index in [4.69, 9.17) is 0 Å². The molecule has 0 aromatic heterocycles. The van der Waals surface area contributed by atoms with Crippen molar-refractivity contribution in [3.8, 4) is 0 Å². The largest absolute Gasteiger partial charge is 0.274 e. The van der Waals surface area contributed by atoms with Crippen LogP contribution < -0.4 is 4.72 Å². The highest BCUT2D eigenvalue weighted by Gasteiger charge is 2.19. The van der Waals surface area contributed by atoms with Gasteiger partial charge in [-0.15, -0.1) is 0 Å². The summed E-state index contributed by atoms with van der Waals surface area (Å²) in [5, 5.41) is 0. The second kappa shape index (κ2) is 7.42. The van der Waals surface area contributed by atoms with Gasteiger partial charge in [0, 0.05) is 6.42 Å². The molecule has 0 fully saturated rings. The molecule has 0 aliphatic carbocycles. The van der Waals surface area contributed by atoms with E-state index >= 15 is 0 Å². The fraction of sp³-hybridized carbons (Fsp3) is 0.278. The molecule has 0 unspecified atom stereocenters. The van der Waals surface area contributed by atoms with E-state index in [2.05, 4.69) is 4.72 Å². The van der Waals surface area contributed by atoms with Crippen molar-refractivity contribution in [1.29, 1.82) is 0 Å². The van der Waals surface area contributed by atoms with Crippen molar-refractivity contribution in [3.05, 3.63) is 65.2 Å². The van der Waals surface area contributed by atoms with Gasteiger partial charge in [0.1, 0.15) is 0 Å². The first-order chi connectivity index (χ1) is 10.9. The Morgan fingerprint density at radius 2 is 1.74 bits per heavy atom. The molecule has 2 aromatic carbocycles. The van der Waals surface area contributed by atoms with Gasteiger partial charge in [-0.1, -0.05) is 48.0 Å². The Labute approximate surface area is 137 Å². The zero-order valence-corrected chi connectivity index (χ0v) is 14.2. The van der Waals surface area contributed by atoms with Gasteiger partial charge in [-0.2, -0.15) is 0 Å². The SMILES string of the molecule is Cc1ccc(S(=O)(=O)NC(=O)CCCc2ccccc2)c(C)c1. The zero-order chi connectivity index (χ0) is 16.9. The number of sulfonamides is 1. The minimum atomic E-state index is -3.80. The maximum Gasteiger partial charge on any atom is 0.264 e. The Morgan fingerprint density at radius 1 is 1.04 bits per heavy atom. The molecular weight excluding hydrogens is 310 g/mol. The van der Waals surface area contributed by atoms with Gasteiger partial charge in [-0.3, -0.25) is 4.79 Å². The molecule has 4 nitrogen and oxygen atoms in total. The van der Waals surface area contributed by atoms with Crippen molar-refractivity contribution >= 4 is 15.9 Å². The van der Waals surface area contributed by atoms with Gasteiger partial charge in [0.15, 0.2) is 0 Å². The molecule has 0 radical (unpaired) electrons. The van der Waals surface area contributed by atoms with Crippen molar-refractivity contribution in [1.82, 2.24) is 4.72 Å². The van der Waals surface area contributed by atoms with Crippen LogP contribution in [-0.4, -0.2) is 14.3 Å². The van der Waals surface area contributed by atoms with Crippen LogP contribution in [0, 0.1) is 13.8 Å². The first kappa shape index (κ1) is 17.2. The Morgan fingerprint density at radius 3 is 2.39 bits per heavy atom. The molecular formula is C18H21NO3S. The quantitative estimate of drug-likeness (QED) is 0.884. The summed E-state index contributed by atoms with van der Waals surface area (Å²) in [5.74, 6) is -0.471. The van der Waals surface area contributed by atoms with Crippen molar-refractivity contribution in [2.24, 2.45) is 0 Å². The molecule has 2 rings (SSSR count). The molecule has 0 aliphatic rings. The summed E-state index contributed by atoms with van der Waals surface area (Å²) in [6, 6.07) is 14.8. The third-order valence-electron chi connectivity index (χ3n) is 3.58. The lowest BCUT2D eigenvalue weighted by atomic mass is 10.1.